The van der Waals surface area contributed by atoms with E-state index < -0.39 is 32.3 Å². The van der Waals surface area contributed by atoms with Gasteiger partial charge in [0.2, 0.25) is 0 Å². The summed E-state index contributed by atoms with van der Waals surface area (Å²) in [5, 5.41) is 17.3. The lowest BCUT2D eigenvalue weighted by molar-refractivity contribution is 0.837. The van der Waals surface area contributed by atoms with E-state index in [0.717, 1.165) is 66.5 Å². The second-order valence-corrected chi connectivity index (χ2v) is 58.5. The smallest absolute Gasteiger partial charge is 0.107 e. The normalized spacial score (nSPS) is 13.8. The minimum Gasteiger partial charge on any atom is -0.144 e. The molecular formula is C74H104S4Si4. The van der Waals surface area contributed by atoms with Crippen LogP contribution < -0.4 is 18.0 Å². The zero-order chi connectivity index (χ0) is 60.4. The molecular weight excluding hydrogens is 1130 g/mol. The van der Waals surface area contributed by atoms with Gasteiger partial charge in [0.1, 0.15) is 32.3 Å². The third-order valence-corrected chi connectivity index (χ3v) is 58.5. The van der Waals surface area contributed by atoms with Crippen LogP contribution in [0.15, 0.2) is 84.9 Å². The molecule has 0 unspecified atom stereocenters. The number of rotatable bonds is 16. The monoisotopic (exact) mass is 1230 g/mol. The fourth-order valence-corrected chi connectivity index (χ4v) is 60.1. The number of hydrogen-bond acceptors (Lipinski definition) is 4. The Morgan fingerprint density at radius 3 is 0.671 bits per heavy atom. The van der Waals surface area contributed by atoms with E-state index in [4.69, 9.17) is 0 Å². The highest BCUT2D eigenvalue weighted by atomic mass is 32.1. The van der Waals surface area contributed by atoms with Crippen LogP contribution >= 0.6 is 45.3 Å². The molecule has 0 aliphatic heterocycles. The van der Waals surface area contributed by atoms with Crippen LogP contribution in [0.5, 0.6) is 0 Å². The second-order valence-electron chi connectivity index (χ2n) is 29.4. The molecule has 440 valence electrons. The number of hydrogen-bond donors (Lipinski definition) is 0. The van der Waals surface area contributed by atoms with Crippen LogP contribution in [-0.4, -0.2) is 32.3 Å². The van der Waals surface area contributed by atoms with Crippen LogP contribution in [0, 0.1) is 13.8 Å². The predicted molar refractivity (Wildman–Crippen MR) is 397 cm³/mol. The lowest BCUT2D eigenvalue weighted by atomic mass is 9.96. The van der Waals surface area contributed by atoms with Crippen molar-refractivity contribution in [2.24, 2.45) is 0 Å². The lowest BCUT2D eigenvalue weighted by Gasteiger charge is -2.42. The van der Waals surface area contributed by atoms with E-state index >= 15 is 0 Å². The summed E-state index contributed by atoms with van der Waals surface area (Å²) in [6.45, 7) is 64.4. The molecule has 82 heavy (non-hydrogen) atoms. The first-order valence-electron chi connectivity index (χ1n) is 32.1. The summed E-state index contributed by atoms with van der Waals surface area (Å²) >= 11 is 8.51. The maximum Gasteiger partial charge on any atom is 0.107 e. The SMILES string of the molecule is CC(C)[Si](c1cc2ccc3c4ccc5cc([Si](C(C)C)(C(C)C)C(C)C)sc5c4ccc3c2s1)(C(C)C)C(C)C.Cc1cc2c3cc(C)c4cc([Si](C(C)C)(C(C)C)C(C)C)sc4c3ccc2c2sc([Si](C(C)C)(C(C)C)C(C)C)cc12. The average molecular weight is 1230 g/mol. The Hall–Kier alpha value is -2.93. The van der Waals surface area contributed by atoms with Crippen molar-refractivity contribution >= 4 is 179 Å². The summed E-state index contributed by atoms with van der Waals surface area (Å²) in [5.41, 5.74) is 11.6. The molecule has 10 rings (SSSR count). The van der Waals surface area contributed by atoms with Gasteiger partial charge >= 0.3 is 0 Å². The minimum atomic E-state index is -1.72. The van der Waals surface area contributed by atoms with Crippen molar-refractivity contribution in [2.45, 2.75) is 247 Å². The van der Waals surface area contributed by atoms with E-state index in [2.05, 4.69) is 310 Å². The standard InChI is InChI=1S/C38H54S2Si2.C36H50S2Si2/c1-21(2)41(22(3)4,23(5)6)35-19-31-27(13)17-33-29(37(31)39-35)15-16-30-34(33)18-28(14)32-20-36(40-38(30)32)42(24(7)8,25(9)10)26(11)12;1-21(2)39(22(3)4,23(5)6)33-19-27-13-15-29-30-16-14-28-20-34(40(24(7)8,25(9)10)26(11)12)38-36(28)32(30)18-17-31(29)35(27)37-33/h15-26H,1-14H3;13-26H,1-12H3. The zero-order valence-corrected chi connectivity index (χ0v) is 62.9. The highest BCUT2D eigenvalue weighted by Crippen LogP contribution is 2.50. The van der Waals surface area contributed by atoms with Gasteiger partial charge in [-0.25, -0.2) is 0 Å². The Bertz CT molecular complexity index is 3630. The Morgan fingerprint density at radius 2 is 0.427 bits per heavy atom. The molecule has 0 N–H and O–H groups in total. The molecule has 0 bridgehead atoms. The van der Waals surface area contributed by atoms with Gasteiger partial charge in [0.15, 0.2) is 0 Å². The number of thiophene rings is 4. The van der Waals surface area contributed by atoms with E-state index in [1.165, 1.54) is 94.6 Å². The highest BCUT2D eigenvalue weighted by Gasteiger charge is 2.49. The summed E-state index contributed by atoms with van der Waals surface area (Å²) in [4.78, 5) is 0. The molecule has 0 spiro atoms. The zero-order valence-electron chi connectivity index (χ0n) is 55.6. The van der Waals surface area contributed by atoms with Crippen LogP contribution in [-0.2, 0) is 0 Å². The van der Waals surface area contributed by atoms with Crippen molar-refractivity contribution in [3.8, 4) is 0 Å². The lowest BCUT2D eigenvalue weighted by Crippen LogP contribution is -2.54. The van der Waals surface area contributed by atoms with E-state index in [0.29, 0.717) is 0 Å². The topological polar surface area (TPSA) is 0 Å². The molecule has 0 radical (unpaired) electrons. The average Bonchev–Trinajstić information content (AvgIpc) is 4.39. The van der Waals surface area contributed by atoms with E-state index in [9.17, 15) is 0 Å². The van der Waals surface area contributed by atoms with Gasteiger partial charge < -0.3 is 0 Å². The maximum absolute atomic E-state index is 2.62. The van der Waals surface area contributed by atoms with Crippen molar-refractivity contribution < 1.29 is 0 Å². The summed E-state index contributed by atoms with van der Waals surface area (Å²) in [6.07, 6.45) is 0. The van der Waals surface area contributed by atoms with Crippen molar-refractivity contribution in [2.75, 3.05) is 0 Å². The van der Waals surface area contributed by atoms with E-state index in [1.807, 2.05) is 0 Å². The van der Waals surface area contributed by atoms with Crippen LogP contribution in [0.25, 0.3) is 83.4 Å². The Balaban J connectivity index is 0.000000198. The first-order chi connectivity index (χ1) is 38.4. The van der Waals surface area contributed by atoms with Crippen LogP contribution in [0.4, 0.5) is 0 Å². The summed E-state index contributed by atoms with van der Waals surface area (Å²) in [5.74, 6) is 0. The molecule has 6 aromatic carbocycles. The van der Waals surface area contributed by atoms with Crippen molar-refractivity contribution in [3.05, 3.63) is 96.1 Å². The Morgan fingerprint density at radius 1 is 0.220 bits per heavy atom. The molecule has 4 heterocycles. The number of aryl methyl sites for hydroxylation is 2. The van der Waals surface area contributed by atoms with Gasteiger partial charge in [0.25, 0.3) is 0 Å². The second kappa shape index (κ2) is 23.3. The third-order valence-electron chi connectivity index (χ3n) is 22.1. The molecule has 0 aliphatic rings. The van der Waals surface area contributed by atoms with Crippen molar-refractivity contribution in [3.63, 3.8) is 0 Å². The van der Waals surface area contributed by atoms with Crippen LogP contribution in [0.2, 0.25) is 66.5 Å². The summed E-state index contributed by atoms with van der Waals surface area (Å²) in [7, 11) is -6.80. The van der Waals surface area contributed by atoms with Gasteiger partial charge in [-0.1, -0.05) is 227 Å². The third kappa shape index (κ3) is 9.46. The van der Waals surface area contributed by atoms with Gasteiger partial charge in [0, 0.05) is 40.3 Å². The highest BCUT2D eigenvalue weighted by molar-refractivity contribution is 7.35. The molecule has 0 aliphatic carbocycles. The van der Waals surface area contributed by atoms with Gasteiger partial charge in [-0.3, -0.25) is 0 Å². The van der Waals surface area contributed by atoms with Gasteiger partial charge in [0.05, 0.1) is 0 Å². The molecule has 0 nitrogen and oxygen atoms in total. The molecule has 0 amide bonds. The van der Waals surface area contributed by atoms with Gasteiger partial charge in [-0.15, -0.1) is 45.3 Å². The number of fused-ring (bicyclic) bond motifs is 14. The van der Waals surface area contributed by atoms with Gasteiger partial charge in [-0.05, 0) is 177 Å². The van der Waals surface area contributed by atoms with Crippen molar-refractivity contribution in [1.82, 2.24) is 0 Å². The minimum absolute atomic E-state index is 0.722. The van der Waals surface area contributed by atoms with E-state index in [-0.39, 0.29) is 0 Å². The Labute approximate surface area is 517 Å². The van der Waals surface area contributed by atoms with E-state index in [1.54, 1.807) is 18.0 Å². The molecule has 0 atom stereocenters. The molecule has 0 fully saturated rings. The fraction of sp³-hybridized carbons (Fsp3) is 0.514. The molecule has 10 aromatic rings. The van der Waals surface area contributed by atoms with Gasteiger partial charge in [-0.2, -0.15) is 0 Å². The summed E-state index contributed by atoms with van der Waals surface area (Å²) in [6, 6.07) is 34.9. The maximum atomic E-state index is 2.62. The first kappa shape index (κ1) is 63.6. The van der Waals surface area contributed by atoms with Crippen LogP contribution in [0.3, 0.4) is 0 Å². The fourth-order valence-electron chi connectivity index (χ4n) is 19.2. The largest absolute Gasteiger partial charge is 0.144 e. The predicted octanol–water partition coefficient (Wildman–Crippen LogP) is 25.0. The first-order valence-corrected chi connectivity index (χ1v) is 44.3. The molecule has 0 saturated carbocycles. The molecule has 8 heteroatoms. The van der Waals surface area contributed by atoms with Crippen molar-refractivity contribution in [1.29, 1.82) is 0 Å². The quantitative estimate of drug-likeness (QED) is 0.0668. The Kier molecular flexibility index (Phi) is 18.1. The molecule has 0 saturated heterocycles. The molecule has 4 aromatic heterocycles. The van der Waals surface area contributed by atoms with Crippen LogP contribution in [0.1, 0.15) is 177 Å². The summed E-state index contributed by atoms with van der Waals surface area (Å²) < 4.78 is 12.8. The number of benzene rings is 6.